The Kier molecular flexibility index (Phi) is 5.39. The third-order valence-corrected chi connectivity index (χ3v) is 3.99. The molecule has 1 N–H and O–H groups in total. The van der Waals surface area contributed by atoms with Crippen molar-refractivity contribution in [2.75, 3.05) is 11.9 Å². The van der Waals surface area contributed by atoms with Gasteiger partial charge in [-0.05, 0) is 37.8 Å². The molecule has 20 heavy (non-hydrogen) atoms. The number of pyridine rings is 1. The zero-order chi connectivity index (χ0) is 14.4. The molecule has 1 heterocycles. The third-order valence-electron chi connectivity index (χ3n) is 3.99. The van der Waals surface area contributed by atoms with Crippen LogP contribution in [0.3, 0.4) is 0 Å². The van der Waals surface area contributed by atoms with Crippen molar-refractivity contribution in [3.05, 3.63) is 23.9 Å². The van der Waals surface area contributed by atoms with Gasteiger partial charge in [0.05, 0.1) is 12.2 Å². The lowest BCUT2D eigenvalue weighted by atomic mass is 9.84. The van der Waals surface area contributed by atoms with Gasteiger partial charge in [-0.1, -0.05) is 26.2 Å². The fourth-order valence-corrected chi connectivity index (χ4v) is 2.82. The Hall–Kier alpha value is -1.58. The normalized spacial score (nSPS) is 22.3. The van der Waals surface area contributed by atoms with Crippen LogP contribution in [0, 0.1) is 5.92 Å². The topological polar surface area (TPSA) is 51.2 Å². The summed E-state index contributed by atoms with van der Waals surface area (Å²) in [5, 5.41) is 3.48. The Morgan fingerprint density at radius 3 is 2.90 bits per heavy atom. The molecule has 0 amide bonds. The van der Waals surface area contributed by atoms with Gasteiger partial charge < -0.3 is 10.1 Å². The van der Waals surface area contributed by atoms with E-state index in [0.717, 1.165) is 11.7 Å². The Balaban J connectivity index is 1.91. The zero-order valence-corrected chi connectivity index (χ0v) is 12.4. The molecule has 0 aromatic carbocycles. The largest absolute Gasteiger partial charge is 0.462 e. The lowest BCUT2D eigenvalue weighted by Crippen LogP contribution is -2.27. The fourth-order valence-electron chi connectivity index (χ4n) is 2.82. The van der Waals surface area contributed by atoms with E-state index in [0.29, 0.717) is 18.2 Å². The minimum atomic E-state index is -0.310. The van der Waals surface area contributed by atoms with Crippen molar-refractivity contribution in [1.82, 2.24) is 4.98 Å². The molecule has 4 nitrogen and oxygen atoms in total. The molecule has 2 unspecified atom stereocenters. The van der Waals surface area contributed by atoms with Gasteiger partial charge in [-0.25, -0.2) is 9.78 Å². The van der Waals surface area contributed by atoms with Crippen LogP contribution in [-0.4, -0.2) is 23.6 Å². The molecular formula is C16H24N2O2. The lowest BCUT2D eigenvalue weighted by Gasteiger charge is -2.29. The molecule has 2 atom stereocenters. The zero-order valence-electron chi connectivity index (χ0n) is 12.4. The van der Waals surface area contributed by atoms with Gasteiger partial charge in [-0.3, -0.25) is 0 Å². The van der Waals surface area contributed by atoms with Gasteiger partial charge in [0, 0.05) is 12.2 Å². The van der Waals surface area contributed by atoms with E-state index >= 15 is 0 Å². The number of rotatable bonds is 5. The van der Waals surface area contributed by atoms with E-state index in [2.05, 4.69) is 17.2 Å². The van der Waals surface area contributed by atoms with Gasteiger partial charge in [0.15, 0.2) is 0 Å². The van der Waals surface area contributed by atoms with Gasteiger partial charge >= 0.3 is 5.97 Å². The van der Waals surface area contributed by atoms with Gasteiger partial charge in [-0.15, -0.1) is 0 Å². The van der Waals surface area contributed by atoms with Crippen molar-refractivity contribution < 1.29 is 9.53 Å². The SMILES string of the molecule is CCOC(=O)c1ccc(NC2CCCC(CC)C2)nc1. The molecule has 0 spiro atoms. The number of aromatic nitrogens is 1. The number of carbonyl (C=O) groups is 1. The van der Waals surface area contributed by atoms with Gasteiger partial charge in [0.25, 0.3) is 0 Å². The lowest BCUT2D eigenvalue weighted by molar-refractivity contribution is 0.0526. The van der Waals surface area contributed by atoms with Crippen LogP contribution in [0.4, 0.5) is 5.82 Å². The molecule has 1 aromatic rings. The van der Waals surface area contributed by atoms with E-state index in [-0.39, 0.29) is 5.97 Å². The van der Waals surface area contributed by atoms with Crippen molar-refractivity contribution in [1.29, 1.82) is 0 Å². The summed E-state index contributed by atoms with van der Waals surface area (Å²) in [5.74, 6) is 1.37. The van der Waals surface area contributed by atoms with E-state index in [1.54, 1.807) is 19.2 Å². The van der Waals surface area contributed by atoms with E-state index in [1.165, 1.54) is 32.1 Å². The van der Waals surface area contributed by atoms with Crippen LogP contribution in [0.5, 0.6) is 0 Å². The molecule has 1 fully saturated rings. The molecule has 1 aliphatic carbocycles. The van der Waals surface area contributed by atoms with E-state index in [1.807, 2.05) is 6.07 Å². The molecular weight excluding hydrogens is 252 g/mol. The highest BCUT2D eigenvalue weighted by molar-refractivity contribution is 5.89. The summed E-state index contributed by atoms with van der Waals surface area (Å²) in [7, 11) is 0. The highest BCUT2D eigenvalue weighted by Gasteiger charge is 2.20. The first-order valence-corrected chi connectivity index (χ1v) is 7.62. The molecule has 0 bridgehead atoms. The predicted octanol–water partition coefficient (Wildman–Crippen LogP) is 3.64. The molecule has 1 aromatic heterocycles. The standard InChI is InChI=1S/C16H24N2O2/c1-3-12-6-5-7-14(10-12)18-15-9-8-13(11-17-15)16(19)20-4-2/h8-9,11-12,14H,3-7,10H2,1-2H3,(H,17,18). The average Bonchev–Trinajstić information content (AvgIpc) is 2.48. The Labute approximate surface area is 120 Å². The third kappa shape index (κ3) is 3.95. The van der Waals surface area contributed by atoms with Gasteiger partial charge in [0.2, 0.25) is 0 Å². The Morgan fingerprint density at radius 1 is 1.40 bits per heavy atom. The van der Waals surface area contributed by atoms with E-state index in [9.17, 15) is 4.79 Å². The maximum absolute atomic E-state index is 11.5. The smallest absolute Gasteiger partial charge is 0.339 e. The number of hydrogen-bond donors (Lipinski definition) is 1. The number of ether oxygens (including phenoxy) is 1. The van der Waals surface area contributed by atoms with Gasteiger partial charge in [0.1, 0.15) is 5.82 Å². The molecule has 4 heteroatoms. The van der Waals surface area contributed by atoms with E-state index < -0.39 is 0 Å². The van der Waals surface area contributed by atoms with Crippen molar-refractivity contribution in [2.45, 2.75) is 52.0 Å². The maximum atomic E-state index is 11.5. The van der Waals surface area contributed by atoms with E-state index in [4.69, 9.17) is 4.74 Å². The van der Waals surface area contributed by atoms with Crippen LogP contribution in [0.25, 0.3) is 0 Å². The first-order chi connectivity index (χ1) is 9.72. The first kappa shape index (κ1) is 14.8. The number of nitrogens with one attached hydrogen (secondary N) is 1. The number of nitrogens with zero attached hydrogens (tertiary/aromatic N) is 1. The summed E-state index contributed by atoms with van der Waals surface area (Å²) >= 11 is 0. The monoisotopic (exact) mass is 276 g/mol. The second kappa shape index (κ2) is 7.27. The summed E-state index contributed by atoms with van der Waals surface area (Å²) in [5.41, 5.74) is 0.507. The summed E-state index contributed by atoms with van der Waals surface area (Å²) in [6.07, 6.45) is 7.91. The molecule has 0 radical (unpaired) electrons. The van der Waals surface area contributed by atoms with Crippen LogP contribution >= 0.6 is 0 Å². The number of esters is 1. The van der Waals surface area contributed by atoms with Gasteiger partial charge in [-0.2, -0.15) is 0 Å². The van der Waals surface area contributed by atoms with Crippen LogP contribution in [0.1, 0.15) is 56.3 Å². The molecule has 0 saturated heterocycles. The van der Waals surface area contributed by atoms with Crippen LogP contribution in [0.2, 0.25) is 0 Å². The van der Waals surface area contributed by atoms with Crippen molar-refractivity contribution >= 4 is 11.8 Å². The first-order valence-electron chi connectivity index (χ1n) is 7.62. The van der Waals surface area contributed by atoms with Crippen molar-refractivity contribution in [2.24, 2.45) is 5.92 Å². The predicted molar refractivity (Wildman–Crippen MR) is 79.9 cm³/mol. The summed E-state index contributed by atoms with van der Waals surface area (Å²) in [4.78, 5) is 15.9. The number of hydrogen-bond acceptors (Lipinski definition) is 4. The van der Waals surface area contributed by atoms with Crippen molar-refractivity contribution in [3.63, 3.8) is 0 Å². The molecule has 1 aliphatic rings. The highest BCUT2D eigenvalue weighted by Crippen LogP contribution is 2.28. The minimum absolute atomic E-state index is 0.310. The Morgan fingerprint density at radius 2 is 2.25 bits per heavy atom. The summed E-state index contributed by atoms with van der Waals surface area (Å²) in [6.45, 7) is 4.45. The maximum Gasteiger partial charge on any atom is 0.339 e. The molecule has 1 saturated carbocycles. The quantitative estimate of drug-likeness (QED) is 0.834. The number of carbonyl (C=O) groups excluding carboxylic acids is 1. The summed E-state index contributed by atoms with van der Waals surface area (Å²) in [6, 6.07) is 4.14. The fraction of sp³-hybridized carbons (Fsp3) is 0.625. The minimum Gasteiger partial charge on any atom is -0.462 e. The Bertz CT molecular complexity index is 431. The molecule has 0 aliphatic heterocycles. The second-order valence-electron chi connectivity index (χ2n) is 5.43. The second-order valence-corrected chi connectivity index (χ2v) is 5.43. The van der Waals surface area contributed by atoms with Crippen LogP contribution in [0.15, 0.2) is 18.3 Å². The average molecular weight is 276 g/mol. The number of anilines is 1. The van der Waals surface area contributed by atoms with Crippen LogP contribution in [-0.2, 0) is 4.74 Å². The highest BCUT2D eigenvalue weighted by atomic mass is 16.5. The molecule has 2 rings (SSSR count). The molecule has 110 valence electrons. The van der Waals surface area contributed by atoms with Crippen LogP contribution < -0.4 is 5.32 Å². The van der Waals surface area contributed by atoms with Crippen molar-refractivity contribution in [3.8, 4) is 0 Å². The summed E-state index contributed by atoms with van der Waals surface area (Å²) < 4.78 is 4.95.